The monoisotopic (exact) mass is 357 g/mol. The maximum absolute atomic E-state index is 12.3. The second-order valence-electron chi connectivity index (χ2n) is 5.43. The first kappa shape index (κ1) is 15.3. The fraction of sp³-hybridized carbons (Fsp3) is 0.118. The highest BCUT2D eigenvalue weighted by Crippen LogP contribution is 2.35. The smallest absolute Gasteiger partial charge is 0.261 e. The van der Waals surface area contributed by atoms with Crippen LogP contribution in [0.15, 0.2) is 69.9 Å². The molecule has 0 fully saturated rings. The molecule has 5 nitrogen and oxygen atoms in total. The molecular formula is C17H15N3O2S2. The Hall–Kier alpha value is -2.25. The van der Waals surface area contributed by atoms with Crippen molar-refractivity contribution in [3.8, 4) is 0 Å². The van der Waals surface area contributed by atoms with Crippen LogP contribution in [-0.4, -0.2) is 31.6 Å². The third-order valence-electron chi connectivity index (χ3n) is 3.85. The highest BCUT2D eigenvalue weighted by atomic mass is 32.2. The van der Waals surface area contributed by atoms with Crippen molar-refractivity contribution in [3.63, 3.8) is 0 Å². The zero-order valence-electron chi connectivity index (χ0n) is 12.7. The van der Waals surface area contributed by atoms with Gasteiger partial charge in [-0.05, 0) is 29.8 Å². The molecule has 0 bridgehead atoms. The van der Waals surface area contributed by atoms with Crippen LogP contribution in [0, 0.1) is 0 Å². The summed E-state index contributed by atoms with van der Waals surface area (Å²) in [5.74, 6) is 0. The third kappa shape index (κ3) is 2.81. The largest absolute Gasteiger partial charge is 0.318 e. The fourth-order valence-corrected chi connectivity index (χ4v) is 4.71. The molecule has 7 heteroatoms. The number of aliphatic imine (C=N–C) groups is 1. The zero-order chi connectivity index (χ0) is 16.6. The van der Waals surface area contributed by atoms with E-state index in [0.29, 0.717) is 5.69 Å². The van der Waals surface area contributed by atoms with Crippen molar-refractivity contribution in [1.82, 2.24) is 4.90 Å². The molecule has 0 aliphatic carbocycles. The molecular weight excluding hydrogens is 342 g/mol. The standard InChI is InChI=1S/C17H15N3O2S2/c21-24(22,15-4-2-1-3-5-15)19-14-8-6-13(7-9-14)16-12-23-17-18-10-11-20(16)17/h1-9,12,19H,10-11H2. The Balaban J connectivity index is 1.54. The molecule has 24 heavy (non-hydrogen) atoms. The van der Waals surface area contributed by atoms with Gasteiger partial charge in [-0.15, -0.1) is 0 Å². The van der Waals surface area contributed by atoms with Crippen molar-refractivity contribution in [2.75, 3.05) is 17.8 Å². The molecule has 0 atom stereocenters. The lowest BCUT2D eigenvalue weighted by Gasteiger charge is -2.17. The predicted molar refractivity (Wildman–Crippen MR) is 98.3 cm³/mol. The minimum Gasteiger partial charge on any atom is -0.318 e. The van der Waals surface area contributed by atoms with Gasteiger partial charge in [0.15, 0.2) is 5.17 Å². The van der Waals surface area contributed by atoms with Crippen LogP contribution in [0.5, 0.6) is 0 Å². The van der Waals surface area contributed by atoms with E-state index in [-0.39, 0.29) is 4.90 Å². The van der Waals surface area contributed by atoms with Crippen molar-refractivity contribution in [3.05, 3.63) is 65.6 Å². The Morgan fingerprint density at radius 1 is 1.04 bits per heavy atom. The lowest BCUT2D eigenvalue weighted by Crippen LogP contribution is -2.19. The van der Waals surface area contributed by atoms with Crippen LogP contribution in [0.2, 0.25) is 0 Å². The molecule has 0 radical (unpaired) electrons. The van der Waals surface area contributed by atoms with Crippen molar-refractivity contribution in [2.24, 2.45) is 4.99 Å². The normalized spacial score (nSPS) is 16.6. The summed E-state index contributed by atoms with van der Waals surface area (Å²) in [6.07, 6.45) is 0. The predicted octanol–water partition coefficient (Wildman–Crippen LogP) is 3.20. The Bertz CT molecular complexity index is 920. The van der Waals surface area contributed by atoms with Crippen LogP contribution in [0.4, 0.5) is 5.69 Å². The minimum atomic E-state index is -3.56. The van der Waals surface area contributed by atoms with Crippen molar-refractivity contribution >= 4 is 38.3 Å². The number of thioether (sulfide) groups is 1. The van der Waals surface area contributed by atoms with Crippen LogP contribution in [0.1, 0.15) is 5.56 Å². The van der Waals surface area contributed by atoms with Crippen LogP contribution >= 0.6 is 11.8 Å². The summed E-state index contributed by atoms with van der Waals surface area (Å²) >= 11 is 1.63. The summed E-state index contributed by atoms with van der Waals surface area (Å²) in [4.78, 5) is 6.87. The van der Waals surface area contributed by atoms with Gasteiger partial charge in [0.05, 0.1) is 17.1 Å². The summed E-state index contributed by atoms with van der Waals surface area (Å²) in [5.41, 5.74) is 2.72. The number of rotatable bonds is 4. The van der Waals surface area contributed by atoms with E-state index in [1.54, 1.807) is 54.2 Å². The summed E-state index contributed by atoms with van der Waals surface area (Å²) in [7, 11) is -3.56. The molecule has 2 aliphatic rings. The van der Waals surface area contributed by atoms with Gasteiger partial charge in [0.25, 0.3) is 10.0 Å². The van der Waals surface area contributed by atoms with Gasteiger partial charge in [-0.2, -0.15) is 0 Å². The fourth-order valence-electron chi connectivity index (χ4n) is 2.67. The van der Waals surface area contributed by atoms with E-state index < -0.39 is 10.0 Å². The average Bonchev–Trinajstić information content (AvgIpc) is 3.20. The Morgan fingerprint density at radius 2 is 1.79 bits per heavy atom. The number of amidine groups is 1. The molecule has 0 saturated heterocycles. The lowest BCUT2D eigenvalue weighted by molar-refractivity contribution is 0.601. The molecule has 2 aromatic carbocycles. The van der Waals surface area contributed by atoms with E-state index in [1.807, 2.05) is 12.1 Å². The first-order chi connectivity index (χ1) is 11.6. The number of benzene rings is 2. The quantitative estimate of drug-likeness (QED) is 0.913. The maximum atomic E-state index is 12.3. The van der Waals surface area contributed by atoms with E-state index in [4.69, 9.17) is 0 Å². The number of nitrogens with one attached hydrogen (secondary N) is 1. The van der Waals surface area contributed by atoms with Gasteiger partial charge >= 0.3 is 0 Å². The minimum absolute atomic E-state index is 0.252. The SMILES string of the molecule is O=S(=O)(Nc1ccc(C2=CSC3=NCCN23)cc1)c1ccccc1. The number of sulfonamides is 1. The second kappa shape index (κ2) is 5.99. The molecule has 122 valence electrons. The molecule has 2 aromatic rings. The van der Waals surface area contributed by atoms with Crippen molar-refractivity contribution in [1.29, 1.82) is 0 Å². The number of hydrogen-bond donors (Lipinski definition) is 1. The van der Waals surface area contributed by atoms with Gasteiger partial charge in [-0.3, -0.25) is 9.71 Å². The van der Waals surface area contributed by atoms with Gasteiger partial charge in [0.1, 0.15) is 0 Å². The molecule has 1 N–H and O–H groups in total. The molecule has 4 rings (SSSR count). The van der Waals surface area contributed by atoms with Crippen LogP contribution < -0.4 is 4.72 Å². The second-order valence-corrected chi connectivity index (χ2v) is 7.95. The van der Waals surface area contributed by atoms with E-state index in [2.05, 4.69) is 20.0 Å². The van der Waals surface area contributed by atoms with E-state index >= 15 is 0 Å². The first-order valence-corrected chi connectivity index (χ1v) is 9.87. The van der Waals surface area contributed by atoms with Crippen molar-refractivity contribution in [2.45, 2.75) is 4.90 Å². The highest BCUT2D eigenvalue weighted by molar-refractivity contribution is 8.16. The van der Waals surface area contributed by atoms with Gasteiger partial charge in [0, 0.05) is 17.6 Å². The van der Waals surface area contributed by atoms with Crippen LogP contribution in [-0.2, 0) is 10.0 Å². The number of hydrogen-bond acceptors (Lipinski definition) is 5. The van der Waals surface area contributed by atoms with E-state index in [1.165, 1.54) is 0 Å². The lowest BCUT2D eigenvalue weighted by atomic mass is 10.1. The summed E-state index contributed by atoms with van der Waals surface area (Å²) in [5, 5.41) is 3.13. The van der Waals surface area contributed by atoms with Gasteiger partial charge < -0.3 is 4.90 Å². The van der Waals surface area contributed by atoms with Crippen LogP contribution in [0.25, 0.3) is 5.70 Å². The molecule has 2 heterocycles. The Morgan fingerprint density at radius 3 is 2.54 bits per heavy atom. The molecule has 0 spiro atoms. The van der Waals surface area contributed by atoms with Gasteiger partial charge in [0.2, 0.25) is 0 Å². The van der Waals surface area contributed by atoms with Gasteiger partial charge in [-0.25, -0.2) is 8.42 Å². The topological polar surface area (TPSA) is 61.8 Å². The van der Waals surface area contributed by atoms with Crippen LogP contribution in [0.3, 0.4) is 0 Å². The third-order valence-corrected chi connectivity index (χ3v) is 6.15. The number of fused-ring (bicyclic) bond motifs is 1. The highest BCUT2D eigenvalue weighted by Gasteiger charge is 2.27. The number of anilines is 1. The maximum Gasteiger partial charge on any atom is 0.261 e. The summed E-state index contributed by atoms with van der Waals surface area (Å²) in [6, 6.07) is 15.8. The molecule has 0 aromatic heterocycles. The van der Waals surface area contributed by atoms with Gasteiger partial charge in [-0.1, -0.05) is 42.1 Å². The summed E-state index contributed by atoms with van der Waals surface area (Å²) < 4.78 is 27.3. The van der Waals surface area contributed by atoms with Crippen molar-refractivity contribution < 1.29 is 8.42 Å². The zero-order valence-corrected chi connectivity index (χ0v) is 14.3. The Labute approximate surface area is 145 Å². The molecule has 2 aliphatic heterocycles. The summed E-state index contributed by atoms with van der Waals surface area (Å²) in [6.45, 7) is 1.73. The first-order valence-electron chi connectivity index (χ1n) is 7.51. The average molecular weight is 357 g/mol. The molecule has 0 saturated carbocycles. The molecule has 0 unspecified atom stereocenters. The number of nitrogens with zero attached hydrogens (tertiary/aromatic N) is 2. The van der Waals surface area contributed by atoms with E-state index in [9.17, 15) is 8.42 Å². The van der Waals surface area contributed by atoms with E-state index in [0.717, 1.165) is 29.5 Å². The molecule has 0 amide bonds. The Kier molecular flexibility index (Phi) is 3.82.